The number of pyridine rings is 1. The molecule has 5 aromatic rings. The lowest BCUT2D eigenvalue weighted by Gasteiger charge is -2.06. The minimum absolute atomic E-state index is 0.0902. The molecule has 0 spiro atoms. The molecule has 3 aromatic heterocycles. The van der Waals surface area contributed by atoms with E-state index in [9.17, 15) is 9.90 Å². The lowest BCUT2D eigenvalue weighted by atomic mass is 10.1. The van der Waals surface area contributed by atoms with E-state index in [0.717, 1.165) is 28.1 Å². The highest BCUT2D eigenvalue weighted by Gasteiger charge is 2.15. The zero-order chi connectivity index (χ0) is 25.6. The molecule has 0 radical (unpaired) electrons. The van der Waals surface area contributed by atoms with Crippen LogP contribution in [0.2, 0.25) is 0 Å². The van der Waals surface area contributed by atoms with Gasteiger partial charge >= 0.3 is 5.97 Å². The van der Waals surface area contributed by atoms with Gasteiger partial charge in [0.1, 0.15) is 5.76 Å². The van der Waals surface area contributed by atoms with Gasteiger partial charge in [0.2, 0.25) is 11.8 Å². The number of rotatable bonds is 10. The molecule has 0 aliphatic heterocycles. The summed E-state index contributed by atoms with van der Waals surface area (Å²) in [7, 11) is 0. The second kappa shape index (κ2) is 10.9. The molecule has 0 fully saturated rings. The summed E-state index contributed by atoms with van der Waals surface area (Å²) in [6, 6.07) is 23.1. The van der Waals surface area contributed by atoms with Crippen molar-refractivity contribution in [2.75, 3.05) is 6.61 Å². The van der Waals surface area contributed by atoms with Gasteiger partial charge < -0.3 is 14.3 Å². The van der Waals surface area contributed by atoms with Crippen LogP contribution in [0.3, 0.4) is 0 Å². The number of nitrogens with zero attached hydrogens (tertiary/aromatic N) is 4. The Morgan fingerprint density at radius 3 is 2.41 bits per heavy atom. The first-order chi connectivity index (χ1) is 18.0. The highest BCUT2D eigenvalue weighted by atomic mass is 16.5. The van der Waals surface area contributed by atoms with Gasteiger partial charge in [-0.2, -0.15) is 5.10 Å². The van der Waals surface area contributed by atoms with Crippen molar-refractivity contribution in [3.63, 3.8) is 0 Å². The van der Waals surface area contributed by atoms with Gasteiger partial charge in [-0.25, -0.2) is 9.97 Å². The third kappa shape index (κ3) is 5.92. The van der Waals surface area contributed by atoms with Crippen LogP contribution in [0, 0.1) is 6.92 Å². The van der Waals surface area contributed by atoms with Crippen LogP contribution in [0.1, 0.15) is 22.6 Å². The number of carbonyl (C=O) groups is 1. The maximum absolute atomic E-state index is 11.3. The van der Waals surface area contributed by atoms with E-state index in [1.807, 2.05) is 79.7 Å². The average molecular weight is 495 g/mol. The van der Waals surface area contributed by atoms with Crippen LogP contribution in [0.5, 0.6) is 5.88 Å². The number of benzene rings is 2. The van der Waals surface area contributed by atoms with Crippen molar-refractivity contribution in [3.8, 4) is 28.6 Å². The van der Waals surface area contributed by atoms with Gasteiger partial charge in [-0.15, -0.1) is 0 Å². The maximum atomic E-state index is 11.3. The summed E-state index contributed by atoms with van der Waals surface area (Å²) in [5.74, 6) is 1.01. The average Bonchev–Trinajstić information content (AvgIpc) is 3.48. The third-order valence-corrected chi connectivity index (χ3v) is 5.87. The van der Waals surface area contributed by atoms with Gasteiger partial charge in [0.25, 0.3) is 0 Å². The van der Waals surface area contributed by atoms with Crippen LogP contribution >= 0.6 is 0 Å². The molecule has 0 atom stereocenters. The maximum Gasteiger partial charge on any atom is 0.307 e. The fourth-order valence-corrected chi connectivity index (χ4v) is 4.07. The van der Waals surface area contributed by atoms with Gasteiger partial charge in [0, 0.05) is 41.6 Å². The monoisotopic (exact) mass is 494 g/mol. The number of hydrogen-bond acceptors (Lipinski definition) is 6. The van der Waals surface area contributed by atoms with Gasteiger partial charge in [-0.3, -0.25) is 9.48 Å². The number of aliphatic carboxylic acids is 1. The predicted molar refractivity (Wildman–Crippen MR) is 138 cm³/mol. The van der Waals surface area contributed by atoms with Crippen molar-refractivity contribution in [3.05, 3.63) is 108 Å². The first-order valence-electron chi connectivity index (χ1n) is 12.0. The number of oxazole rings is 1. The smallest absolute Gasteiger partial charge is 0.307 e. The Morgan fingerprint density at radius 2 is 1.73 bits per heavy atom. The Kier molecular flexibility index (Phi) is 7.07. The molecule has 1 N–H and O–H groups in total. The van der Waals surface area contributed by atoms with Crippen molar-refractivity contribution in [1.29, 1.82) is 0 Å². The summed E-state index contributed by atoms with van der Waals surface area (Å²) < 4.78 is 13.4. The van der Waals surface area contributed by atoms with Crippen LogP contribution in [0.15, 0.2) is 89.6 Å². The van der Waals surface area contributed by atoms with Gasteiger partial charge in [-0.05, 0) is 24.6 Å². The van der Waals surface area contributed by atoms with Crippen LogP contribution in [-0.4, -0.2) is 37.4 Å². The lowest BCUT2D eigenvalue weighted by molar-refractivity contribution is -0.136. The highest BCUT2D eigenvalue weighted by molar-refractivity contribution is 5.74. The van der Waals surface area contributed by atoms with Crippen LogP contribution in [0.4, 0.5) is 0 Å². The first-order valence-corrected chi connectivity index (χ1v) is 12.0. The van der Waals surface area contributed by atoms with E-state index in [1.165, 1.54) is 0 Å². The molecule has 186 valence electrons. The number of aromatic nitrogens is 4. The molecule has 3 heterocycles. The highest BCUT2D eigenvalue weighted by Crippen LogP contribution is 2.24. The fourth-order valence-electron chi connectivity index (χ4n) is 4.07. The molecule has 8 heteroatoms. The second-order valence-corrected chi connectivity index (χ2v) is 8.63. The number of aryl methyl sites for hydroxylation is 1. The van der Waals surface area contributed by atoms with Gasteiger partial charge in [-0.1, -0.05) is 54.6 Å². The molecule has 0 saturated heterocycles. The number of carboxylic acids is 1. The van der Waals surface area contributed by atoms with Crippen molar-refractivity contribution in [2.24, 2.45) is 0 Å². The van der Waals surface area contributed by atoms with Crippen molar-refractivity contribution >= 4 is 5.97 Å². The first kappa shape index (κ1) is 24.0. The van der Waals surface area contributed by atoms with Crippen LogP contribution < -0.4 is 4.74 Å². The third-order valence-electron chi connectivity index (χ3n) is 5.87. The van der Waals surface area contributed by atoms with E-state index in [2.05, 4.69) is 15.1 Å². The SMILES string of the molecule is Cc1oc(-c2ccccc2)nc1CCOc1ccc(Cn2cc(CC(=O)O)c(-c3ccccc3)n2)cn1. The summed E-state index contributed by atoms with van der Waals surface area (Å²) in [6.45, 7) is 2.79. The molecule has 2 aromatic carbocycles. The molecule has 37 heavy (non-hydrogen) atoms. The molecule has 0 bridgehead atoms. The van der Waals surface area contributed by atoms with Gasteiger partial charge in [0.15, 0.2) is 0 Å². The zero-order valence-corrected chi connectivity index (χ0v) is 20.4. The summed E-state index contributed by atoms with van der Waals surface area (Å²) in [5, 5.41) is 14.0. The lowest BCUT2D eigenvalue weighted by Crippen LogP contribution is -2.05. The van der Waals surface area contributed by atoms with Crippen LogP contribution in [0.25, 0.3) is 22.7 Å². The Labute approximate surface area is 214 Å². The van der Waals surface area contributed by atoms with E-state index >= 15 is 0 Å². The standard InChI is InChI=1S/C29H26N4O4/c1-20-25(31-29(37-20)23-10-6-3-7-11-23)14-15-36-26-13-12-21(17-30-26)18-33-19-24(16-27(34)35)28(32-33)22-8-4-2-5-9-22/h2-13,17,19H,14-16,18H2,1H3,(H,34,35). The Morgan fingerprint density at radius 1 is 1.00 bits per heavy atom. The molecular weight excluding hydrogens is 468 g/mol. The Balaban J connectivity index is 1.20. The molecule has 0 saturated carbocycles. The van der Waals surface area contributed by atoms with E-state index in [1.54, 1.807) is 17.1 Å². The number of ether oxygens (including phenoxy) is 1. The molecule has 8 nitrogen and oxygen atoms in total. The molecule has 0 unspecified atom stereocenters. The van der Waals surface area contributed by atoms with E-state index < -0.39 is 5.97 Å². The minimum Gasteiger partial charge on any atom is -0.481 e. The second-order valence-electron chi connectivity index (χ2n) is 8.63. The predicted octanol–water partition coefficient (Wildman–Crippen LogP) is 5.21. The summed E-state index contributed by atoms with van der Waals surface area (Å²) in [6.07, 6.45) is 4.04. The van der Waals surface area contributed by atoms with E-state index in [4.69, 9.17) is 9.15 Å². The fraction of sp³-hybridized carbons (Fsp3) is 0.172. The zero-order valence-electron chi connectivity index (χ0n) is 20.4. The molecule has 5 rings (SSSR count). The molecule has 0 aliphatic carbocycles. The largest absolute Gasteiger partial charge is 0.481 e. The summed E-state index contributed by atoms with van der Waals surface area (Å²) in [5.41, 5.74) is 4.96. The van der Waals surface area contributed by atoms with Gasteiger partial charge in [0.05, 0.1) is 31.0 Å². The molecule has 0 aliphatic rings. The van der Waals surface area contributed by atoms with E-state index in [-0.39, 0.29) is 6.42 Å². The van der Waals surface area contributed by atoms with Crippen molar-refractivity contribution in [1.82, 2.24) is 19.7 Å². The van der Waals surface area contributed by atoms with Crippen LogP contribution in [-0.2, 0) is 24.2 Å². The molecular formula is C29H26N4O4. The van der Waals surface area contributed by atoms with E-state index in [0.29, 0.717) is 42.6 Å². The topological polar surface area (TPSA) is 103 Å². The normalized spacial score (nSPS) is 10.9. The summed E-state index contributed by atoms with van der Waals surface area (Å²) in [4.78, 5) is 20.4. The summed E-state index contributed by atoms with van der Waals surface area (Å²) >= 11 is 0. The number of hydrogen-bond donors (Lipinski definition) is 1. The quantitative estimate of drug-likeness (QED) is 0.284. The number of carboxylic acid groups (broad SMARTS) is 1. The Bertz CT molecular complexity index is 1480. The molecule has 0 amide bonds. The van der Waals surface area contributed by atoms with Crippen molar-refractivity contribution in [2.45, 2.75) is 26.3 Å². The van der Waals surface area contributed by atoms with Crippen molar-refractivity contribution < 1.29 is 19.1 Å². The Hall–Kier alpha value is -4.72. The minimum atomic E-state index is -0.892.